The minimum absolute atomic E-state index is 0.00391. The number of aromatic nitrogens is 3. The third kappa shape index (κ3) is 3.48. The molecule has 4 rings (SSSR count). The Morgan fingerprint density at radius 2 is 1.85 bits per heavy atom. The highest BCUT2D eigenvalue weighted by Gasteiger charge is 2.26. The molecule has 0 spiro atoms. The van der Waals surface area contributed by atoms with Crippen LogP contribution in [0.25, 0.3) is 5.69 Å². The van der Waals surface area contributed by atoms with Gasteiger partial charge in [0, 0.05) is 12.0 Å². The second-order valence-electron chi connectivity index (χ2n) is 7.61. The molecule has 2 aliphatic heterocycles. The van der Waals surface area contributed by atoms with Crippen molar-refractivity contribution in [2.75, 3.05) is 26.2 Å². The van der Waals surface area contributed by atoms with Crippen LogP contribution in [0.4, 0.5) is 0 Å². The molecule has 2 aromatic rings. The number of likely N-dealkylation sites (tertiary alicyclic amines) is 1. The van der Waals surface area contributed by atoms with Gasteiger partial charge < -0.3 is 5.32 Å². The van der Waals surface area contributed by atoms with E-state index >= 15 is 0 Å². The number of piperidine rings is 1. The number of nitrogens with zero attached hydrogens (tertiary/aromatic N) is 4. The first-order chi connectivity index (χ1) is 12.7. The lowest BCUT2D eigenvalue weighted by Crippen LogP contribution is -2.37. The summed E-state index contributed by atoms with van der Waals surface area (Å²) in [6, 6.07) is 10.3. The molecule has 6 heteroatoms. The van der Waals surface area contributed by atoms with E-state index in [1.165, 1.54) is 12.8 Å². The molecule has 0 bridgehead atoms. The largest absolute Gasteiger partial charge is 0.350 e. The van der Waals surface area contributed by atoms with Crippen LogP contribution in [-0.2, 0) is 6.54 Å². The van der Waals surface area contributed by atoms with Gasteiger partial charge in [0.15, 0.2) is 0 Å². The first kappa shape index (κ1) is 17.5. The Morgan fingerprint density at radius 1 is 1.15 bits per heavy atom. The summed E-state index contributed by atoms with van der Waals surface area (Å²) in [5.41, 5.74) is 0.918. The van der Waals surface area contributed by atoms with Gasteiger partial charge >= 0.3 is 5.69 Å². The van der Waals surface area contributed by atoms with Crippen molar-refractivity contribution < 1.29 is 0 Å². The van der Waals surface area contributed by atoms with E-state index in [-0.39, 0.29) is 5.69 Å². The van der Waals surface area contributed by atoms with Crippen LogP contribution >= 0.6 is 0 Å². The van der Waals surface area contributed by atoms with E-state index < -0.39 is 0 Å². The molecule has 0 aliphatic carbocycles. The van der Waals surface area contributed by atoms with Gasteiger partial charge in [-0.05, 0) is 70.9 Å². The number of rotatable bonds is 5. The Bertz CT molecular complexity index is 769. The molecule has 2 aliphatic rings. The van der Waals surface area contributed by atoms with Crippen LogP contribution in [0.5, 0.6) is 0 Å². The maximum atomic E-state index is 13.2. The molecule has 2 fully saturated rings. The Morgan fingerprint density at radius 3 is 2.54 bits per heavy atom. The van der Waals surface area contributed by atoms with Crippen LogP contribution < -0.4 is 11.0 Å². The highest BCUT2D eigenvalue weighted by atomic mass is 16.2. The van der Waals surface area contributed by atoms with Crippen LogP contribution in [0.2, 0.25) is 0 Å². The minimum atomic E-state index is -0.00391. The zero-order valence-corrected chi connectivity index (χ0v) is 15.6. The number of hydrogen-bond donors (Lipinski definition) is 1. The SMILES string of the molecule is CC(Cn1nc(C2CCNCC2)n(-c2ccccc2)c1=O)N1CCCC1. The van der Waals surface area contributed by atoms with E-state index in [2.05, 4.69) is 17.1 Å². The monoisotopic (exact) mass is 355 g/mol. The Kier molecular flexibility index (Phi) is 5.22. The number of nitrogens with one attached hydrogen (secondary N) is 1. The van der Waals surface area contributed by atoms with Crippen molar-refractivity contribution in [2.24, 2.45) is 0 Å². The van der Waals surface area contributed by atoms with Crippen molar-refractivity contribution >= 4 is 0 Å². The molecule has 1 atom stereocenters. The van der Waals surface area contributed by atoms with Gasteiger partial charge in [0.1, 0.15) is 5.82 Å². The summed E-state index contributed by atoms with van der Waals surface area (Å²) in [5.74, 6) is 1.27. The summed E-state index contributed by atoms with van der Waals surface area (Å²) in [7, 11) is 0. The van der Waals surface area contributed by atoms with Gasteiger partial charge in [-0.1, -0.05) is 18.2 Å². The number of benzene rings is 1. The van der Waals surface area contributed by atoms with Gasteiger partial charge in [-0.3, -0.25) is 4.90 Å². The Balaban J connectivity index is 1.68. The number of para-hydroxylation sites is 1. The van der Waals surface area contributed by atoms with Gasteiger partial charge in [-0.15, -0.1) is 0 Å². The topological polar surface area (TPSA) is 55.1 Å². The fourth-order valence-corrected chi connectivity index (χ4v) is 4.26. The summed E-state index contributed by atoms with van der Waals surface area (Å²) in [4.78, 5) is 15.7. The van der Waals surface area contributed by atoms with Crippen LogP contribution in [0.3, 0.4) is 0 Å². The van der Waals surface area contributed by atoms with Gasteiger partial charge in [-0.2, -0.15) is 5.10 Å². The third-order valence-corrected chi connectivity index (χ3v) is 5.78. The maximum Gasteiger partial charge on any atom is 0.350 e. The Labute approximate surface area is 154 Å². The van der Waals surface area contributed by atoms with E-state index in [4.69, 9.17) is 5.10 Å². The molecular weight excluding hydrogens is 326 g/mol. The van der Waals surface area contributed by atoms with Gasteiger partial charge in [0.25, 0.3) is 0 Å². The summed E-state index contributed by atoms with van der Waals surface area (Å²) in [5, 5.41) is 8.24. The normalized spacial score (nSPS) is 20.5. The zero-order valence-electron chi connectivity index (χ0n) is 15.6. The first-order valence-electron chi connectivity index (χ1n) is 9.94. The van der Waals surface area contributed by atoms with Gasteiger partial charge in [0.2, 0.25) is 0 Å². The molecular formula is C20H29N5O. The molecule has 1 N–H and O–H groups in total. The van der Waals surface area contributed by atoms with Crippen LogP contribution in [0.1, 0.15) is 44.3 Å². The van der Waals surface area contributed by atoms with Crippen LogP contribution in [-0.4, -0.2) is 51.5 Å². The average Bonchev–Trinajstić information content (AvgIpc) is 3.32. The highest BCUT2D eigenvalue weighted by Crippen LogP contribution is 2.25. The third-order valence-electron chi connectivity index (χ3n) is 5.78. The standard InChI is InChI=1S/C20H29N5O/c1-16(23-13-5-6-14-23)15-24-20(26)25(18-7-3-2-4-8-18)19(22-24)17-9-11-21-12-10-17/h2-4,7-8,16-17,21H,5-6,9-15H2,1H3. The van der Waals surface area contributed by atoms with Crippen LogP contribution in [0, 0.1) is 0 Å². The predicted octanol–water partition coefficient (Wildman–Crippen LogP) is 1.99. The van der Waals surface area contributed by atoms with E-state index in [0.29, 0.717) is 18.5 Å². The quantitative estimate of drug-likeness (QED) is 0.891. The van der Waals surface area contributed by atoms with Crippen molar-refractivity contribution in [1.29, 1.82) is 0 Å². The second kappa shape index (κ2) is 7.76. The van der Waals surface area contributed by atoms with Gasteiger partial charge in [-0.25, -0.2) is 14.0 Å². The van der Waals surface area contributed by atoms with Crippen molar-refractivity contribution in [1.82, 2.24) is 24.6 Å². The molecule has 6 nitrogen and oxygen atoms in total. The second-order valence-corrected chi connectivity index (χ2v) is 7.61. The highest BCUT2D eigenvalue weighted by molar-refractivity contribution is 5.33. The number of hydrogen-bond acceptors (Lipinski definition) is 4. The van der Waals surface area contributed by atoms with Crippen molar-refractivity contribution in [3.05, 3.63) is 46.6 Å². The van der Waals surface area contributed by atoms with E-state index in [0.717, 1.165) is 50.5 Å². The molecule has 2 saturated heterocycles. The zero-order chi connectivity index (χ0) is 17.9. The summed E-state index contributed by atoms with van der Waals surface area (Å²) in [6.45, 7) is 7.13. The molecule has 140 valence electrons. The lowest BCUT2D eigenvalue weighted by molar-refractivity contribution is 0.227. The van der Waals surface area contributed by atoms with Crippen molar-refractivity contribution in [3.63, 3.8) is 0 Å². The smallest absolute Gasteiger partial charge is 0.317 e. The predicted molar refractivity (Wildman–Crippen MR) is 103 cm³/mol. The van der Waals surface area contributed by atoms with E-state index in [1.807, 2.05) is 34.9 Å². The van der Waals surface area contributed by atoms with Crippen molar-refractivity contribution in [2.45, 2.75) is 51.1 Å². The fourth-order valence-electron chi connectivity index (χ4n) is 4.26. The summed E-state index contributed by atoms with van der Waals surface area (Å²) < 4.78 is 3.54. The van der Waals surface area contributed by atoms with Crippen LogP contribution in [0.15, 0.2) is 35.1 Å². The average molecular weight is 355 g/mol. The minimum Gasteiger partial charge on any atom is -0.317 e. The lowest BCUT2D eigenvalue weighted by atomic mass is 9.97. The summed E-state index contributed by atoms with van der Waals surface area (Å²) >= 11 is 0. The van der Waals surface area contributed by atoms with E-state index in [9.17, 15) is 4.79 Å². The Hall–Kier alpha value is -1.92. The maximum absolute atomic E-state index is 13.2. The fraction of sp³-hybridized carbons (Fsp3) is 0.600. The molecule has 3 heterocycles. The van der Waals surface area contributed by atoms with Gasteiger partial charge in [0.05, 0.1) is 12.2 Å². The molecule has 1 aromatic carbocycles. The lowest BCUT2D eigenvalue weighted by Gasteiger charge is -2.23. The first-order valence-corrected chi connectivity index (χ1v) is 9.94. The van der Waals surface area contributed by atoms with E-state index in [1.54, 1.807) is 4.68 Å². The van der Waals surface area contributed by atoms with Crippen molar-refractivity contribution in [3.8, 4) is 5.69 Å². The molecule has 1 aromatic heterocycles. The molecule has 0 amide bonds. The molecule has 26 heavy (non-hydrogen) atoms. The molecule has 0 radical (unpaired) electrons. The molecule has 0 saturated carbocycles. The summed E-state index contributed by atoms with van der Waals surface area (Å²) in [6.07, 6.45) is 4.59. The molecule has 1 unspecified atom stereocenters.